The van der Waals surface area contributed by atoms with E-state index < -0.39 is 27.4 Å². The second kappa shape index (κ2) is 11.5. The number of rotatable bonds is 14. The highest BCUT2D eigenvalue weighted by Gasteiger charge is 2.77. The minimum Gasteiger partial charge on any atom is -0.465 e. The lowest BCUT2D eigenvalue weighted by Crippen LogP contribution is -2.56. The molecule has 0 aromatic carbocycles. The first-order valence-electron chi connectivity index (χ1n) is 13.0. The van der Waals surface area contributed by atoms with E-state index in [1.807, 2.05) is 11.8 Å². The van der Waals surface area contributed by atoms with Gasteiger partial charge in [0.1, 0.15) is 6.04 Å². The molecule has 7 nitrogen and oxygen atoms in total. The van der Waals surface area contributed by atoms with Crippen LogP contribution in [0.15, 0.2) is 25.3 Å². The Morgan fingerprint density at radius 2 is 2.06 bits per heavy atom. The van der Waals surface area contributed by atoms with Crippen molar-refractivity contribution in [1.82, 2.24) is 9.80 Å². The van der Waals surface area contributed by atoms with Crippen LogP contribution < -0.4 is 0 Å². The minimum atomic E-state index is -0.643. The molecule has 35 heavy (non-hydrogen) atoms. The number of fused-ring (bicyclic) bond motifs is 1. The molecule has 2 bridgehead atoms. The van der Waals surface area contributed by atoms with Crippen LogP contribution in [-0.2, 0) is 19.1 Å². The van der Waals surface area contributed by atoms with Gasteiger partial charge in [-0.3, -0.25) is 14.4 Å². The van der Waals surface area contributed by atoms with Gasteiger partial charge in [0.2, 0.25) is 11.8 Å². The lowest BCUT2D eigenvalue weighted by atomic mass is 9.66. The molecule has 3 aliphatic heterocycles. The normalized spacial score (nSPS) is 31.8. The number of carbonyl (C=O) groups is 3. The second-order valence-electron chi connectivity index (χ2n) is 10.4. The summed E-state index contributed by atoms with van der Waals surface area (Å²) in [5.41, 5.74) is 0. The average Bonchev–Trinajstić information content (AvgIpc) is 3.38. The highest BCUT2D eigenvalue weighted by atomic mass is 32.2. The van der Waals surface area contributed by atoms with Crippen LogP contribution in [0, 0.1) is 11.8 Å². The summed E-state index contributed by atoms with van der Waals surface area (Å²) in [6.07, 6.45) is 8.48. The standard InChI is InChI=1S/C27H42N2O5S/c1-6-9-18-34-25(33)21-20-23(31)29(16-10-11-17-30)22(27(20)14-13-26(21,5)35-27)24(32)28(15-8-3)19(4)12-7-2/h6,8,19-22,30H,1,3,7,9-18H2,2,4-5H3/t19?,20-,21+,22?,26-,27?/m0/s1. The average molecular weight is 507 g/mol. The summed E-state index contributed by atoms with van der Waals surface area (Å²) in [6, 6.07) is -0.607. The molecule has 1 spiro atoms. The van der Waals surface area contributed by atoms with E-state index in [2.05, 4.69) is 27.0 Å². The Balaban J connectivity index is 2.01. The Labute approximate surface area is 214 Å². The fraction of sp³-hybridized carbons (Fsp3) is 0.741. The fourth-order valence-corrected chi connectivity index (χ4v) is 8.73. The summed E-state index contributed by atoms with van der Waals surface area (Å²) in [5, 5.41) is 9.33. The van der Waals surface area contributed by atoms with Crippen molar-refractivity contribution < 1.29 is 24.2 Å². The van der Waals surface area contributed by atoms with Crippen LogP contribution >= 0.6 is 11.8 Å². The van der Waals surface area contributed by atoms with Gasteiger partial charge in [0.05, 0.1) is 23.2 Å². The van der Waals surface area contributed by atoms with Crippen LogP contribution in [0.25, 0.3) is 0 Å². The van der Waals surface area contributed by atoms with Gasteiger partial charge in [-0.25, -0.2) is 0 Å². The molecule has 3 fully saturated rings. The molecule has 3 aliphatic rings. The Hall–Kier alpha value is -1.80. The lowest BCUT2D eigenvalue weighted by molar-refractivity contribution is -0.155. The maximum Gasteiger partial charge on any atom is 0.311 e. The zero-order valence-corrected chi connectivity index (χ0v) is 22.4. The smallest absolute Gasteiger partial charge is 0.311 e. The first-order chi connectivity index (χ1) is 16.7. The number of thioether (sulfide) groups is 1. The third-order valence-electron chi connectivity index (χ3n) is 7.99. The minimum absolute atomic E-state index is 0.0224. The van der Waals surface area contributed by atoms with E-state index >= 15 is 0 Å². The van der Waals surface area contributed by atoms with Gasteiger partial charge in [-0.1, -0.05) is 25.5 Å². The number of hydrogen-bond donors (Lipinski definition) is 1. The van der Waals surface area contributed by atoms with Gasteiger partial charge in [0, 0.05) is 30.5 Å². The molecule has 8 heteroatoms. The molecule has 3 saturated heterocycles. The van der Waals surface area contributed by atoms with Gasteiger partial charge >= 0.3 is 5.97 Å². The number of amides is 2. The zero-order chi connectivity index (χ0) is 25.8. The molecule has 3 unspecified atom stereocenters. The maximum absolute atomic E-state index is 14.3. The molecule has 196 valence electrons. The predicted octanol–water partition coefficient (Wildman–Crippen LogP) is 3.56. The van der Waals surface area contributed by atoms with E-state index in [0.717, 1.165) is 25.7 Å². The largest absolute Gasteiger partial charge is 0.465 e. The zero-order valence-electron chi connectivity index (χ0n) is 21.5. The maximum atomic E-state index is 14.3. The SMILES string of the molecule is C=CCCOC(=O)[C@H]1[C@H]2C(=O)N(CCCCO)C(C(=O)N(CC=C)C(C)CCC)C23CC[C@]1(C)S3. The van der Waals surface area contributed by atoms with Crippen molar-refractivity contribution in [2.75, 3.05) is 26.3 Å². The molecular formula is C27H42N2O5S. The number of nitrogens with zero attached hydrogens (tertiary/aromatic N) is 2. The van der Waals surface area contributed by atoms with Gasteiger partial charge in [0.15, 0.2) is 0 Å². The molecule has 3 heterocycles. The summed E-state index contributed by atoms with van der Waals surface area (Å²) in [4.78, 5) is 45.1. The number of esters is 1. The van der Waals surface area contributed by atoms with Gasteiger partial charge in [-0.2, -0.15) is 0 Å². The quantitative estimate of drug-likeness (QED) is 0.220. The van der Waals surface area contributed by atoms with Crippen molar-refractivity contribution in [2.24, 2.45) is 11.8 Å². The van der Waals surface area contributed by atoms with Crippen LogP contribution in [0.1, 0.15) is 65.7 Å². The molecule has 0 saturated carbocycles. The molecule has 0 aliphatic carbocycles. The highest BCUT2D eigenvalue weighted by Crippen LogP contribution is 2.71. The molecule has 0 aromatic rings. The Morgan fingerprint density at radius 3 is 2.69 bits per heavy atom. The van der Waals surface area contributed by atoms with E-state index in [4.69, 9.17) is 4.74 Å². The lowest BCUT2D eigenvalue weighted by Gasteiger charge is -2.39. The van der Waals surface area contributed by atoms with Gasteiger partial charge < -0.3 is 19.6 Å². The van der Waals surface area contributed by atoms with Gasteiger partial charge in [-0.05, 0) is 52.4 Å². The third-order valence-corrected chi connectivity index (χ3v) is 9.97. The Morgan fingerprint density at radius 1 is 1.31 bits per heavy atom. The number of aliphatic hydroxyl groups excluding tert-OH is 1. The van der Waals surface area contributed by atoms with Crippen LogP contribution in [0.3, 0.4) is 0 Å². The van der Waals surface area contributed by atoms with Crippen molar-refractivity contribution >= 4 is 29.5 Å². The van der Waals surface area contributed by atoms with E-state index in [9.17, 15) is 19.5 Å². The third kappa shape index (κ3) is 4.93. The van der Waals surface area contributed by atoms with E-state index in [-0.39, 0.29) is 37.0 Å². The summed E-state index contributed by atoms with van der Waals surface area (Å²) >= 11 is 1.67. The van der Waals surface area contributed by atoms with Crippen molar-refractivity contribution in [3.63, 3.8) is 0 Å². The van der Waals surface area contributed by atoms with E-state index in [1.54, 1.807) is 28.8 Å². The first kappa shape index (κ1) is 27.8. The molecule has 2 amide bonds. The summed E-state index contributed by atoms with van der Waals surface area (Å²) in [5.74, 6) is -1.66. The van der Waals surface area contributed by atoms with Gasteiger partial charge in [0.25, 0.3) is 0 Å². The topological polar surface area (TPSA) is 87.1 Å². The molecule has 0 aromatic heterocycles. The van der Waals surface area contributed by atoms with E-state index in [1.165, 1.54) is 0 Å². The van der Waals surface area contributed by atoms with Crippen molar-refractivity contribution in [3.8, 4) is 0 Å². The van der Waals surface area contributed by atoms with Crippen LogP contribution in [0.4, 0.5) is 0 Å². The first-order valence-corrected chi connectivity index (χ1v) is 13.8. The Kier molecular flexibility index (Phi) is 9.13. The second-order valence-corrected chi connectivity index (χ2v) is 12.2. The summed E-state index contributed by atoms with van der Waals surface area (Å²) in [6.45, 7) is 14.8. The molecular weight excluding hydrogens is 464 g/mol. The number of likely N-dealkylation sites (tertiary alicyclic amines) is 1. The fourth-order valence-electron chi connectivity index (χ4n) is 6.39. The predicted molar refractivity (Wildman–Crippen MR) is 139 cm³/mol. The van der Waals surface area contributed by atoms with Crippen LogP contribution in [0.5, 0.6) is 0 Å². The van der Waals surface area contributed by atoms with Gasteiger partial charge in [-0.15, -0.1) is 24.9 Å². The number of carbonyl (C=O) groups excluding carboxylic acids is 3. The number of aliphatic hydroxyl groups is 1. The van der Waals surface area contributed by atoms with Crippen molar-refractivity contribution in [1.29, 1.82) is 0 Å². The number of unbranched alkanes of at least 4 members (excludes halogenated alkanes) is 1. The number of hydrogen-bond acceptors (Lipinski definition) is 6. The van der Waals surface area contributed by atoms with Crippen molar-refractivity contribution in [3.05, 3.63) is 25.3 Å². The van der Waals surface area contributed by atoms with Crippen LogP contribution in [0.2, 0.25) is 0 Å². The molecule has 1 N–H and O–H groups in total. The Bertz CT molecular complexity index is 834. The van der Waals surface area contributed by atoms with Crippen molar-refractivity contribution in [2.45, 2.75) is 87.3 Å². The molecule has 6 atom stereocenters. The number of ether oxygens (including phenoxy) is 1. The summed E-state index contributed by atoms with van der Waals surface area (Å²) < 4.78 is 4.51. The monoisotopic (exact) mass is 506 g/mol. The highest BCUT2D eigenvalue weighted by molar-refractivity contribution is 8.02. The van der Waals surface area contributed by atoms with E-state index in [0.29, 0.717) is 32.4 Å². The molecule has 0 radical (unpaired) electrons. The summed E-state index contributed by atoms with van der Waals surface area (Å²) in [7, 11) is 0. The van der Waals surface area contributed by atoms with Crippen LogP contribution in [-0.4, -0.2) is 80.6 Å². The molecule has 3 rings (SSSR count).